The first-order valence-corrected chi connectivity index (χ1v) is 6.24. The van der Waals surface area contributed by atoms with Crippen molar-refractivity contribution in [1.29, 1.82) is 0 Å². The molecule has 0 saturated heterocycles. The number of aryl methyl sites for hydroxylation is 1. The molecule has 84 valence electrons. The smallest absolute Gasteiger partial charge is 0.217 e. The van der Waals surface area contributed by atoms with Crippen molar-refractivity contribution in [2.75, 3.05) is 0 Å². The van der Waals surface area contributed by atoms with Crippen molar-refractivity contribution in [3.05, 3.63) is 22.6 Å². The first-order valence-electron chi connectivity index (χ1n) is 5.45. The van der Waals surface area contributed by atoms with Crippen LogP contribution in [0.25, 0.3) is 11.6 Å². The molecule has 16 heavy (non-hydrogen) atoms. The van der Waals surface area contributed by atoms with Gasteiger partial charge in [-0.3, -0.25) is 0 Å². The van der Waals surface area contributed by atoms with E-state index < -0.39 is 0 Å². The van der Waals surface area contributed by atoms with E-state index in [9.17, 15) is 0 Å². The van der Waals surface area contributed by atoms with Crippen LogP contribution >= 0.6 is 15.9 Å². The molecule has 0 N–H and O–H groups in total. The summed E-state index contributed by atoms with van der Waals surface area (Å²) >= 11 is 3.28. The van der Waals surface area contributed by atoms with E-state index in [1.807, 2.05) is 16.8 Å². The number of halogens is 1. The fraction of sp³-hybridized carbons (Fsp3) is 0.455. The van der Waals surface area contributed by atoms with Crippen LogP contribution in [0.2, 0.25) is 0 Å². The number of fused-ring (bicyclic) bond motifs is 1. The highest BCUT2D eigenvalue weighted by Crippen LogP contribution is 2.27. The van der Waals surface area contributed by atoms with Crippen LogP contribution in [0.3, 0.4) is 0 Å². The fourth-order valence-corrected chi connectivity index (χ4v) is 2.40. The Bertz CT molecular complexity index is 517. The van der Waals surface area contributed by atoms with Gasteiger partial charge in [-0.2, -0.15) is 0 Å². The Hall–Kier alpha value is -1.10. The molecule has 0 saturated carbocycles. The molecule has 1 aliphatic rings. The number of hydrogen-bond acceptors (Lipinski definition) is 3. The van der Waals surface area contributed by atoms with Crippen molar-refractivity contribution < 1.29 is 4.42 Å². The maximum absolute atomic E-state index is 5.46. The summed E-state index contributed by atoms with van der Waals surface area (Å²) in [7, 11) is 0. The standard InChI is InChI=1S/C11H12BrN3O/c1-7-3-2-4-10-13-11(14-15(7)10)8-5-6-9(12)16-8/h5-7H,2-4H2,1H3. The number of furan rings is 1. The third-order valence-corrected chi connectivity index (χ3v) is 3.36. The zero-order valence-corrected chi connectivity index (χ0v) is 10.6. The van der Waals surface area contributed by atoms with Crippen molar-refractivity contribution in [2.24, 2.45) is 0 Å². The van der Waals surface area contributed by atoms with E-state index in [-0.39, 0.29) is 0 Å². The van der Waals surface area contributed by atoms with Crippen LogP contribution < -0.4 is 0 Å². The van der Waals surface area contributed by atoms with Crippen molar-refractivity contribution >= 4 is 15.9 Å². The average Bonchev–Trinajstić information content (AvgIpc) is 2.84. The Morgan fingerprint density at radius 2 is 2.38 bits per heavy atom. The number of aromatic nitrogens is 3. The van der Waals surface area contributed by atoms with Gasteiger partial charge in [-0.15, -0.1) is 5.10 Å². The lowest BCUT2D eigenvalue weighted by Gasteiger charge is -2.18. The number of hydrogen-bond donors (Lipinski definition) is 0. The van der Waals surface area contributed by atoms with Crippen LogP contribution in [0.1, 0.15) is 31.6 Å². The normalized spacial score (nSPS) is 19.8. The van der Waals surface area contributed by atoms with Crippen molar-refractivity contribution in [3.63, 3.8) is 0 Å². The Morgan fingerprint density at radius 1 is 1.50 bits per heavy atom. The zero-order valence-electron chi connectivity index (χ0n) is 8.98. The van der Waals surface area contributed by atoms with Gasteiger partial charge < -0.3 is 4.42 Å². The van der Waals surface area contributed by atoms with Gasteiger partial charge in [-0.1, -0.05) is 0 Å². The molecule has 2 aromatic heterocycles. The third-order valence-electron chi connectivity index (χ3n) is 2.94. The SMILES string of the molecule is CC1CCCc2nc(-c3ccc(Br)o3)nn21. The Balaban J connectivity index is 2.04. The van der Waals surface area contributed by atoms with Crippen molar-refractivity contribution in [3.8, 4) is 11.6 Å². The van der Waals surface area contributed by atoms with Crippen LogP contribution in [0.5, 0.6) is 0 Å². The summed E-state index contributed by atoms with van der Waals surface area (Å²) in [4.78, 5) is 4.52. The molecule has 0 aliphatic carbocycles. The predicted octanol–water partition coefficient (Wildman–Crippen LogP) is 3.20. The van der Waals surface area contributed by atoms with Crippen LogP contribution in [-0.2, 0) is 6.42 Å². The molecule has 1 aliphatic heterocycles. The van der Waals surface area contributed by atoms with Crippen LogP contribution in [0.15, 0.2) is 21.2 Å². The van der Waals surface area contributed by atoms with Crippen LogP contribution in [-0.4, -0.2) is 14.8 Å². The molecule has 1 atom stereocenters. The van der Waals surface area contributed by atoms with Crippen molar-refractivity contribution in [1.82, 2.24) is 14.8 Å². The summed E-state index contributed by atoms with van der Waals surface area (Å²) in [5.41, 5.74) is 0. The maximum atomic E-state index is 5.46. The second-order valence-electron chi connectivity index (χ2n) is 4.14. The monoisotopic (exact) mass is 281 g/mol. The molecule has 0 fully saturated rings. The quantitative estimate of drug-likeness (QED) is 0.806. The highest BCUT2D eigenvalue weighted by Gasteiger charge is 2.21. The third kappa shape index (κ3) is 1.59. The van der Waals surface area contributed by atoms with Gasteiger partial charge in [-0.25, -0.2) is 9.67 Å². The molecule has 0 radical (unpaired) electrons. The van der Waals surface area contributed by atoms with E-state index in [1.54, 1.807) is 0 Å². The van der Waals surface area contributed by atoms with Gasteiger partial charge in [0, 0.05) is 6.42 Å². The fourth-order valence-electron chi connectivity index (χ4n) is 2.10. The first kappa shape index (κ1) is 10.1. The Labute approximate surface area is 102 Å². The minimum absolute atomic E-state index is 0.448. The second-order valence-corrected chi connectivity index (χ2v) is 4.92. The summed E-state index contributed by atoms with van der Waals surface area (Å²) < 4.78 is 8.20. The molecule has 1 unspecified atom stereocenters. The molecule has 2 aromatic rings. The lowest BCUT2D eigenvalue weighted by atomic mass is 10.1. The summed E-state index contributed by atoms with van der Waals surface area (Å²) in [6.07, 6.45) is 3.39. The lowest BCUT2D eigenvalue weighted by Crippen LogP contribution is -2.16. The van der Waals surface area contributed by atoms with E-state index >= 15 is 0 Å². The highest BCUT2D eigenvalue weighted by atomic mass is 79.9. The Kier molecular flexibility index (Phi) is 2.35. The Morgan fingerprint density at radius 3 is 3.06 bits per heavy atom. The molecule has 3 rings (SSSR count). The maximum Gasteiger partial charge on any atom is 0.217 e. The molecule has 5 heteroatoms. The summed E-state index contributed by atoms with van der Waals surface area (Å²) in [5, 5.41) is 4.51. The minimum atomic E-state index is 0.448. The summed E-state index contributed by atoms with van der Waals surface area (Å²) in [6, 6.07) is 4.19. The van der Waals surface area contributed by atoms with Gasteiger partial charge in [0.1, 0.15) is 5.82 Å². The number of rotatable bonds is 1. The lowest BCUT2D eigenvalue weighted by molar-refractivity contribution is 0.388. The van der Waals surface area contributed by atoms with Gasteiger partial charge in [0.05, 0.1) is 6.04 Å². The average molecular weight is 282 g/mol. The molecule has 0 aromatic carbocycles. The summed E-state index contributed by atoms with van der Waals surface area (Å²) in [5.74, 6) is 2.48. The van der Waals surface area contributed by atoms with Crippen molar-refractivity contribution in [2.45, 2.75) is 32.2 Å². The molecule has 4 nitrogen and oxygen atoms in total. The molecular weight excluding hydrogens is 270 g/mol. The van der Waals surface area contributed by atoms with E-state index in [1.165, 1.54) is 12.8 Å². The molecule has 3 heterocycles. The molecule has 0 bridgehead atoms. The van der Waals surface area contributed by atoms with Gasteiger partial charge in [0.25, 0.3) is 0 Å². The number of nitrogens with zero attached hydrogens (tertiary/aromatic N) is 3. The minimum Gasteiger partial charge on any atom is -0.446 e. The highest BCUT2D eigenvalue weighted by molar-refractivity contribution is 9.10. The second kappa shape index (κ2) is 3.73. The molecular formula is C11H12BrN3O. The van der Waals surface area contributed by atoms with E-state index in [0.29, 0.717) is 16.5 Å². The van der Waals surface area contributed by atoms with Crippen LogP contribution in [0, 0.1) is 0 Å². The summed E-state index contributed by atoms with van der Waals surface area (Å²) in [6.45, 7) is 2.18. The first-order chi connectivity index (χ1) is 7.74. The van der Waals surface area contributed by atoms with Gasteiger partial charge in [0.15, 0.2) is 10.4 Å². The van der Waals surface area contributed by atoms with E-state index in [0.717, 1.165) is 18.0 Å². The topological polar surface area (TPSA) is 43.9 Å². The molecule has 0 amide bonds. The predicted molar refractivity (Wildman–Crippen MR) is 63.1 cm³/mol. The van der Waals surface area contributed by atoms with Gasteiger partial charge >= 0.3 is 0 Å². The largest absolute Gasteiger partial charge is 0.446 e. The zero-order chi connectivity index (χ0) is 11.1. The van der Waals surface area contributed by atoms with Gasteiger partial charge in [-0.05, 0) is 47.8 Å². The molecule has 0 spiro atoms. The van der Waals surface area contributed by atoms with E-state index in [2.05, 4.69) is 32.9 Å². The van der Waals surface area contributed by atoms with E-state index in [4.69, 9.17) is 4.42 Å². The van der Waals surface area contributed by atoms with Gasteiger partial charge in [0.2, 0.25) is 5.82 Å². The van der Waals surface area contributed by atoms with Crippen LogP contribution in [0.4, 0.5) is 0 Å².